The fraction of sp³-hybridized carbons (Fsp3) is 0.346. The molecular formula is C26H24F3NO4. The molecule has 2 aliphatic rings. The lowest BCUT2D eigenvalue weighted by Gasteiger charge is -2.43. The number of carbonyl (C=O) groups is 1. The highest BCUT2D eigenvalue weighted by atomic mass is 19.4. The minimum Gasteiger partial charge on any atom is -0.494 e. The number of hydrogen-bond acceptors (Lipinski definition) is 4. The van der Waals surface area contributed by atoms with E-state index in [1.165, 1.54) is 11.0 Å². The summed E-state index contributed by atoms with van der Waals surface area (Å²) in [5, 5.41) is 0. The van der Waals surface area contributed by atoms with Crippen molar-refractivity contribution in [3.63, 3.8) is 0 Å². The van der Waals surface area contributed by atoms with Crippen LogP contribution < -0.4 is 14.4 Å². The van der Waals surface area contributed by atoms with Crippen LogP contribution in [0.15, 0.2) is 59.0 Å². The summed E-state index contributed by atoms with van der Waals surface area (Å²) in [5.74, 6) is -0.0473. The molecule has 1 aromatic heterocycles. The van der Waals surface area contributed by atoms with Crippen LogP contribution in [0.4, 0.5) is 18.9 Å². The highest BCUT2D eigenvalue weighted by Crippen LogP contribution is 2.56. The van der Waals surface area contributed by atoms with Crippen molar-refractivity contribution in [1.82, 2.24) is 0 Å². The van der Waals surface area contributed by atoms with Gasteiger partial charge in [0, 0.05) is 23.7 Å². The van der Waals surface area contributed by atoms with Crippen LogP contribution in [0.25, 0.3) is 0 Å². The van der Waals surface area contributed by atoms with Crippen molar-refractivity contribution in [1.29, 1.82) is 0 Å². The van der Waals surface area contributed by atoms with Gasteiger partial charge in [0.2, 0.25) is 11.7 Å². The number of furan rings is 1. The van der Waals surface area contributed by atoms with E-state index >= 15 is 0 Å². The topological polar surface area (TPSA) is 51.9 Å². The molecule has 5 rings (SSSR count). The average Bonchev–Trinajstić information content (AvgIpc) is 3.32. The summed E-state index contributed by atoms with van der Waals surface area (Å²) in [5.41, 5.74) is 0.438. The van der Waals surface area contributed by atoms with Gasteiger partial charge < -0.3 is 18.8 Å². The standard InChI is InChI=1S/C26H24F3NO4/c1-4-32-16-9-11-19-21(13-16)34-24(2,3)15-25(19)18-7-5-6-8-20(18)30(23(25)31)14-17-10-12-22(33-17)26(27,28)29/h5-13H,4,14-15H2,1-3H3/t25-/m0/s1. The summed E-state index contributed by atoms with van der Waals surface area (Å²) in [6.07, 6.45) is -4.21. The van der Waals surface area contributed by atoms with Crippen LogP contribution in [0.5, 0.6) is 11.5 Å². The van der Waals surface area contributed by atoms with Crippen molar-refractivity contribution in [2.24, 2.45) is 0 Å². The maximum atomic E-state index is 14.2. The average molecular weight is 471 g/mol. The number of rotatable bonds is 4. The Balaban J connectivity index is 1.63. The SMILES string of the molecule is CCOc1ccc2c(c1)OC(C)(C)C[C@@]21C(=O)N(Cc2ccc(C(F)(F)F)o2)c2ccccc21. The molecule has 2 aromatic carbocycles. The van der Waals surface area contributed by atoms with Crippen LogP contribution in [0.3, 0.4) is 0 Å². The number of halogens is 3. The number of hydrogen-bond donors (Lipinski definition) is 0. The molecule has 0 saturated carbocycles. The van der Waals surface area contributed by atoms with Gasteiger partial charge in [0.25, 0.3) is 0 Å². The number of benzene rings is 2. The Labute approximate surface area is 195 Å². The zero-order valence-corrected chi connectivity index (χ0v) is 19.0. The van der Waals surface area contributed by atoms with Crippen LogP contribution in [0.2, 0.25) is 0 Å². The minimum absolute atomic E-state index is 0.0609. The van der Waals surface area contributed by atoms with Crippen molar-refractivity contribution in [3.05, 3.63) is 77.2 Å². The summed E-state index contributed by atoms with van der Waals surface area (Å²) in [7, 11) is 0. The molecule has 3 aromatic rings. The number of nitrogens with zero attached hydrogens (tertiary/aromatic N) is 1. The second-order valence-corrected chi connectivity index (χ2v) is 9.21. The molecule has 0 bridgehead atoms. The maximum absolute atomic E-state index is 14.2. The first-order valence-corrected chi connectivity index (χ1v) is 11.1. The van der Waals surface area contributed by atoms with Crippen molar-refractivity contribution in [2.45, 2.75) is 50.9 Å². The normalized spacial score (nSPS) is 20.8. The zero-order valence-electron chi connectivity index (χ0n) is 19.0. The molecule has 0 aliphatic carbocycles. The van der Waals surface area contributed by atoms with E-state index in [0.717, 1.165) is 11.6 Å². The Morgan fingerprint density at radius 2 is 1.82 bits per heavy atom. The Bertz CT molecular complexity index is 1260. The predicted octanol–water partition coefficient (Wildman–Crippen LogP) is 6.09. The second-order valence-electron chi connectivity index (χ2n) is 9.21. The molecule has 1 amide bonds. The summed E-state index contributed by atoms with van der Waals surface area (Å²) >= 11 is 0. The van der Waals surface area contributed by atoms with Crippen LogP contribution in [0, 0.1) is 0 Å². The molecule has 5 nitrogen and oxygen atoms in total. The van der Waals surface area contributed by atoms with Crippen molar-refractivity contribution in [2.75, 3.05) is 11.5 Å². The molecule has 3 heterocycles. The number of alkyl halides is 3. The van der Waals surface area contributed by atoms with Crippen molar-refractivity contribution >= 4 is 11.6 Å². The van der Waals surface area contributed by atoms with E-state index in [-0.39, 0.29) is 18.2 Å². The van der Waals surface area contributed by atoms with E-state index < -0.39 is 23.0 Å². The molecule has 0 unspecified atom stereocenters. The van der Waals surface area contributed by atoms with Gasteiger partial charge in [-0.2, -0.15) is 13.2 Å². The van der Waals surface area contributed by atoms with Gasteiger partial charge in [-0.05, 0) is 50.6 Å². The molecule has 0 fully saturated rings. The highest BCUT2D eigenvalue weighted by Gasteiger charge is 2.58. The van der Waals surface area contributed by atoms with Crippen LogP contribution in [-0.4, -0.2) is 18.1 Å². The third-order valence-electron chi connectivity index (χ3n) is 6.32. The maximum Gasteiger partial charge on any atom is 0.449 e. The smallest absolute Gasteiger partial charge is 0.449 e. The van der Waals surface area contributed by atoms with Gasteiger partial charge >= 0.3 is 6.18 Å². The number of fused-ring (bicyclic) bond motifs is 4. The Morgan fingerprint density at radius 3 is 2.53 bits per heavy atom. The molecule has 0 radical (unpaired) electrons. The molecule has 34 heavy (non-hydrogen) atoms. The first-order valence-electron chi connectivity index (χ1n) is 11.1. The third kappa shape index (κ3) is 3.43. The molecule has 0 saturated heterocycles. The summed E-state index contributed by atoms with van der Waals surface area (Å²) in [4.78, 5) is 15.7. The number of anilines is 1. The monoisotopic (exact) mass is 471 g/mol. The van der Waals surface area contributed by atoms with Crippen LogP contribution >= 0.6 is 0 Å². The lowest BCUT2D eigenvalue weighted by atomic mass is 9.67. The Hall–Kier alpha value is -3.42. The fourth-order valence-corrected chi connectivity index (χ4v) is 5.15. The number of para-hydroxylation sites is 1. The summed E-state index contributed by atoms with van der Waals surface area (Å²) in [6, 6.07) is 15.0. The van der Waals surface area contributed by atoms with Gasteiger partial charge in [-0.3, -0.25) is 4.79 Å². The van der Waals surface area contributed by atoms with E-state index in [0.29, 0.717) is 35.8 Å². The molecule has 1 atom stereocenters. The molecule has 1 spiro atoms. The molecule has 2 aliphatic heterocycles. The van der Waals surface area contributed by atoms with E-state index in [1.807, 2.05) is 57.2 Å². The van der Waals surface area contributed by atoms with E-state index in [2.05, 4.69) is 0 Å². The van der Waals surface area contributed by atoms with Crippen LogP contribution in [0.1, 0.15) is 49.8 Å². The molecule has 8 heteroatoms. The van der Waals surface area contributed by atoms with E-state index in [4.69, 9.17) is 13.9 Å². The lowest BCUT2D eigenvalue weighted by Crippen LogP contribution is -2.50. The van der Waals surface area contributed by atoms with Gasteiger partial charge in [0.15, 0.2) is 0 Å². The highest BCUT2D eigenvalue weighted by molar-refractivity contribution is 6.11. The molecule has 0 N–H and O–H groups in total. The van der Waals surface area contributed by atoms with E-state index in [1.54, 1.807) is 6.07 Å². The first kappa shape index (κ1) is 22.4. The zero-order chi connectivity index (χ0) is 24.3. The first-order chi connectivity index (χ1) is 16.0. The largest absolute Gasteiger partial charge is 0.494 e. The van der Waals surface area contributed by atoms with Crippen LogP contribution in [-0.2, 0) is 22.9 Å². The quantitative estimate of drug-likeness (QED) is 0.462. The van der Waals surface area contributed by atoms with Gasteiger partial charge in [-0.25, -0.2) is 0 Å². The lowest BCUT2D eigenvalue weighted by molar-refractivity contribution is -0.153. The summed E-state index contributed by atoms with van der Waals surface area (Å²) in [6.45, 7) is 6.11. The van der Waals surface area contributed by atoms with Gasteiger partial charge in [0.1, 0.15) is 28.3 Å². The summed E-state index contributed by atoms with van der Waals surface area (Å²) < 4.78 is 56.1. The van der Waals surface area contributed by atoms with E-state index in [9.17, 15) is 18.0 Å². The Morgan fingerprint density at radius 1 is 1.06 bits per heavy atom. The number of carbonyl (C=O) groups excluding carboxylic acids is 1. The van der Waals surface area contributed by atoms with Crippen molar-refractivity contribution in [3.8, 4) is 11.5 Å². The minimum atomic E-state index is -4.59. The van der Waals surface area contributed by atoms with Gasteiger partial charge in [0.05, 0.1) is 13.2 Å². The predicted molar refractivity (Wildman–Crippen MR) is 119 cm³/mol. The number of ether oxygens (including phenoxy) is 2. The molecule has 178 valence electrons. The third-order valence-corrected chi connectivity index (χ3v) is 6.32. The molecular weight excluding hydrogens is 447 g/mol. The fourth-order valence-electron chi connectivity index (χ4n) is 5.15. The Kier molecular flexibility index (Phi) is 4.97. The number of amides is 1. The van der Waals surface area contributed by atoms with Gasteiger partial charge in [-0.15, -0.1) is 0 Å². The van der Waals surface area contributed by atoms with Gasteiger partial charge in [-0.1, -0.05) is 24.3 Å². The second kappa shape index (κ2) is 7.55. The van der Waals surface area contributed by atoms with Crippen molar-refractivity contribution < 1.29 is 31.9 Å².